The molecule has 0 bridgehead atoms. The normalized spacial score (nSPS) is 21.7. The first kappa shape index (κ1) is 13.3. The van der Waals surface area contributed by atoms with E-state index in [4.69, 9.17) is 0 Å². The van der Waals surface area contributed by atoms with E-state index in [2.05, 4.69) is 16.6 Å². The summed E-state index contributed by atoms with van der Waals surface area (Å²) < 4.78 is 15.1. The van der Waals surface area contributed by atoms with Crippen molar-refractivity contribution >= 4 is 0 Å². The molecule has 0 spiro atoms. The summed E-state index contributed by atoms with van der Waals surface area (Å²) in [6, 6.07) is 7.54. The minimum absolute atomic E-state index is 0.132. The predicted molar refractivity (Wildman–Crippen MR) is 77.1 cm³/mol. The van der Waals surface area contributed by atoms with Gasteiger partial charge in [-0.2, -0.15) is 5.10 Å². The Morgan fingerprint density at radius 3 is 2.95 bits per heavy atom. The molecule has 0 unspecified atom stereocenters. The van der Waals surface area contributed by atoms with Crippen LogP contribution >= 0.6 is 0 Å². The van der Waals surface area contributed by atoms with Crippen LogP contribution in [0.3, 0.4) is 0 Å². The molecule has 20 heavy (non-hydrogen) atoms. The maximum absolute atomic E-state index is 13.2. The van der Waals surface area contributed by atoms with Crippen molar-refractivity contribution in [3.8, 4) is 0 Å². The third-order valence-corrected chi connectivity index (χ3v) is 3.99. The van der Waals surface area contributed by atoms with E-state index < -0.39 is 0 Å². The average Bonchev–Trinajstić information content (AvgIpc) is 2.78. The van der Waals surface area contributed by atoms with E-state index in [1.807, 2.05) is 23.9 Å². The molecule has 4 heteroatoms. The molecule has 0 saturated heterocycles. The van der Waals surface area contributed by atoms with Crippen molar-refractivity contribution in [2.45, 2.75) is 38.3 Å². The zero-order chi connectivity index (χ0) is 13.9. The molecule has 2 aromatic rings. The molecule has 0 amide bonds. The highest BCUT2D eigenvalue weighted by atomic mass is 19.1. The highest BCUT2D eigenvalue weighted by molar-refractivity contribution is 5.23. The van der Waals surface area contributed by atoms with Gasteiger partial charge in [-0.25, -0.2) is 4.39 Å². The quantitative estimate of drug-likeness (QED) is 0.908. The zero-order valence-electron chi connectivity index (χ0n) is 11.7. The topological polar surface area (TPSA) is 29.9 Å². The number of nitrogens with zero attached hydrogens (tertiary/aromatic N) is 2. The zero-order valence-corrected chi connectivity index (χ0v) is 11.7. The Hall–Kier alpha value is -1.68. The molecule has 106 valence electrons. The molecule has 1 fully saturated rings. The molecule has 1 N–H and O–H groups in total. The van der Waals surface area contributed by atoms with Gasteiger partial charge in [-0.1, -0.05) is 12.1 Å². The molecule has 1 saturated carbocycles. The van der Waals surface area contributed by atoms with Gasteiger partial charge in [0, 0.05) is 18.8 Å². The molecule has 1 aromatic heterocycles. The van der Waals surface area contributed by atoms with Gasteiger partial charge in [0.25, 0.3) is 0 Å². The Labute approximate surface area is 118 Å². The minimum Gasteiger partial charge on any atom is -0.312 e. The van der Waals surface area contributed by atoms with Crippen molar-refractivity contribution in [3.05, 3.63) is 53.6 Å². The Bertz CT molecular complexity index is 573. The summed E-state index contributed by atoms with van der Waals surface area (Å²) in [7, 11) is 0. The first-order valence-corrected chi connectivity index (χ1v) is 7.18. The van der Waals surface area contributed by atoms with Crippen LogP contribution in [-0.2, 0) is 6.54 Å². The molecule has 3 nitrogen and oxygen atoms in total. The summed E-state index contributed by atoms with van der Waals surface area (Å²) in [6.07, 6.45) is 6.13. The monoisotopic (exact) mass is 273 g/mol. The van der Waals surface area contributed by atoms with Gasteiger partial charge in [0.05, 0.1) is 12.7 Å². The van der Waals surface area contributed by atoms with E-state index in [9.17, 15) is 4.39 Å². The summed E-state index contributed by atoms with van der Waals surface area (Å²) >= 11 is 0. The molecule has 0 radical (unpaired) electrons. The summed E-state index contributed by atoms with van der Waals surface area (Å²) in [5, 5.41) is 7.80. The number of hydrogen-bond donors (Lipinski definition) is 1. The SMILES string of the molecule is Cc1cnn(CCNC2CC(c3cccc(F)c3)C2)c1. The Kier molecular flexibility index (Phi) is 3.83. The van der Waals surface area contributed by atoms with E-state index in [1.54, 1.807) is 12.1 Å². The van der Waals surface area contributed by atoms with Crippen LogP contribution < -0.4 is 5.32 Å². The van der Waals surface area contributed by atoms with Gasteiger partial charge in [-0.3, -0.25) is 4.68 Å². The number of benzene rings is 1. The van der Waals surface area contributed by atoms with Crippen molar-refractivity contribution in [1.29, 1.82) is 0 Å². The Balaban J connectivity index is 1.40. The lowest BCUT2D eigenvalue weighted by molar-refractivity contribution is 0.286. The van der Waals surface area contributed by atoms with Gasteiger partial charge in [0.1, 0.15) is 5.82 Å². The number of rotatable bonds is 5. The molecule has 1 heterocycles. The van der Waals surface area contributed by atoms with Crippen molar-refractivity contribution < 1.29 is 4.39 Å². The fraction of sp³-hybridized carbons (Fsp3) is 0.438. The number of hydrogen-bond acceptors (Lipinski definition) is 2. The van der Waals surface area contributed by atoms with Crippen LogP contribution in [0.2, 0.25) is 0 Å². The van der Waals surface area contributed by atoms with Crippen LogP contribution in [0, 0.1) is 12.7 Å². The van der Waals surface area contributed by atoms with E-state index in [0.717, 1.165) is 31.5 Å². The number of aryl methyl sites for hydroxylation is 1. The molecule has 0 atom stereocenters. The van der Waals surface area contributed by atoms with Crippen LogP contribution in [0.5, 0.6) is 0 Å². The second-order valence-corrected chi connectivity index (χ2v) is 5.66. The first-order valence-electron chi connectivity index (χ1n) is 7.18. The second kappa shape index (κ2) is 5.75. The van der Waals surface area contributed by atoms with Gasteiger partial charge < -0.3 is 5.32 Å². The number of halogens is 1. The van der Waals surface area contributed by atoms with Crippen molar-refractivity contribution in [1.82, 2.24) is 15.1 Å². The van der Waals surface area contributed by atoms with Crippen molar-refractivity contribution in [2.75, 3.05) is 6.54 Å². The summed E-state index contributed by atoms with van der Waals surface area (Å²) in [5.41, 5.74) is 2.32. The lowest BCUT2D eigenvalue weighted by Crippen LogP contribution is -2.41. The molecular weight excluding hydrogens is 253 g/mol. The molecule has 1 aliphatic carbocycles. The van der Waals surface area contributed by atoms with E-state index in [-0.39, 0.29) is 5.82 Å². The van der Waals surface area contributed by atoms with Gasteiger partial charge >= 0.3 is 0 Å². The van der Waals surface area contributed by atoms with Gasteiger partial charge in [0.2, 0.25) is 0 Å². The third kappa shape index (κ3) is 3.07. The van der Waals surface area contributed by atoms with E-state index in [1.165, 1.54) is 11.6 Å². The summed E-state index contributed by atoms with van der Waals surface area (Å²) in [5.74, 6) is 0.378. The third-order valence-electron chi connectivity index (χ3n) is 3.99. The van der Waals surface area contributed by atoms with Crippen molar-refractivity contribution in [2.24, 2.45) is 0 Å². The maximum atomic E-state index is 13.2. The van der Waals surface area contributed by atoms with Gasteiger partial charge in [-0.05, 0) is 48.9 Å². The summed E-state index contributed by atoms with van der Waals surface area (Å²) in [4.78, 5) is 0. The predicted octanol–water partition coefficient (Wildman–Crippen LogP) is 2.87. The Morgan fingerprint density at radius 1 is 1.40 bits per heavy atom. The largest absolute Gasteiger partial charge is 0.312 e. The van der Waals surface area contributed by atoms with Crippen LogP contribution in [0.15, 0.2) is 36.7 Å². The van der Waals surface area contributed by atoms with Crippen LogP contribution in [-0.4, -0.2) is 22.4 Å². The second-order valence-electron chi connectivity index (χ2n) is 5.66. The molecule has 3 rings (SSSR count). The first-order chi connectivity index (χ1) is 9.70. The maximum Gasteiger partial charge on any atom is 0.123 e. The molecule has 0 aliphatic heterocycles. The van der Waals surface area contributed by atoms with Gasteiger partial charge in [0.15, 0.2) is 0 Å². The van der Waals surface area contributed by atoms with Crippen molar-refractivity contribution in [3.63, 3.8) is 0 Å². The molecule has 1 aliphatic rings. The minimum atomic E-state index is -0.132. The molecule has 1 aromatic carbocycles. The fourth-order valence-corrected chi connectivity index (χ4v) is 2.79. The average molecular weight is 273 g/mol. The summed E-state index contributed by atoms with van der Waals surface area (Å²) in [6.45, 7) is 3.88. The highest BCUT2D eigenvalue weighted by Crippen LogP contribution is 2.36. The Morgan fingerprint density at radius 2 is 2.25 bits per heavy atom. The number of aromatic nitrogens is 2. The number of nitrogens with one attached hydrogen (secondary N) is 1. The standard InChI is InChI=1S/C16H20FN3/c1-12-10-19-20(11-12)6-5-18-16-8-14(9-16)13-3-2-4-15(17)7-13/h2-4,7,10-11,14,16,18H,5-6,8-9H2,1H3. The highest BCUT2D eigenvalue weighted by Gasteiger charge is 2.29. The van der Waals surface area contributed by atoms with E-state index >= 15 is 0 Å². The van der Waals surface area contributed by atoms with Crippen LogP contribution in [0.25, 0.3) is 0 Å². The molecular formula is C16H20FN3. The smallest absolute Gasteiger partial charge is 0.123 e. The fourth-order valence-electron chi connectivity index (χ4n) is 2.79. The lowest BCUT2D eigenvalue weighted by Gasteiger charge is -2.36. The van der Waals surface area contributed by atoms with Crippen LogP contribution in [0.4, 0.5) is 4.39 Å². The van der Waals surface area contributed by atoms with Crippen LogP contribution in [0.1, 0.15) is 29.9 Å². The lowest BCUT2D eigenvalue weighted by atomic mass is 9.76. The van der Waals surface area contributed by atoms with E-state index in [0.29, 0.717) is 12.0 Å². The van der Waals surface area contributed by atoms with Gasteiger partial charge in [-0.15, -0.1) is 0 Å².